The van der Waals surface area contributed by atoms with Gasteiger partial charge in [0.25, 0.3) is 0 Å². The van der Waals surface area contributed by atoms with Crippen molar-refractivity contribution in [3.8, 4) is 0 Å². The van der Waals surface area contributed by atoms with Gasteiger partial charge >= 0.3 is 0 Å². The SMILES string of the molecule is CCCC(C)CC(CC)C(C)CCCC(C)C(C)C12CC1C1(C3CC(C)C3)CC1C1(C)CC12. The van der Waals surface area contributed by atoms with Gasteiger partial charge < -0.3 is 0 Å². The highest BCUT2D eigenvalue weighted by Gasteiger charge is 2.90. The van der Waals surface area contributed by atoms with Gasteiger partial charge in [-0.15, -0.1) is 0 Å². The molecule has 0 spiro atoms. The Balaban J connectivity index is 1.15. The third-order valence-electron chi connectivity index (χ3n) is 13.4. The highest BCUT2D eigenvalue weighted by atomic mass is 14.9. The molecule has 5 rings (SSSR count). The molecule has 5 aliphatic rings. The Bertz CT molecular complexity index is 703. The summed E-state index contributed by atoms with van der Waals surface area (Å²) in [6.45, 7) is 20.5. The maximum atomic E-state index is 2.73. The maximum absolute atomic E-state index is 2.73. The normalized spacial score (nSPS) is 48.9. The Kier molecular flexibility index (Phi) is 6.39. The first-order chi connectivity index (χ1) is 15.6. The number of hydrogen-bond donors (Lipinski definition) is 0. The third-order valence-corrected chi connectivity index (χ3v) is 13.4. The summed E-state index contributed by atoms with van der Waals surface area (Å²) in [6, 6.07) is 0. The van der Waals surface area contributed by atoms with Gasteiger partial charge in [-0.2, -0.15) is 0 Å². The van der Waals surface area contributed by atoms with E-state index in [0.29, 0.717) is 0 Å². The molecule has 0 saturated heterocycles. The lowest BCUT2D eigenvalue weighted by molar-refractivity contribution is 0.0208. The van der Waals surface area contributed by atoms with E-state index in [1.807, 2.05) is 0 Å². The molecule has 0 N–H and O–H groups in total. The van der Waals surface area contributed by atoms with Crippen LogP contribution in [0.15, 0.2) is 0 Å². The average molecular weight is 455 g/mol. The minimum absolute atomic E-state index is 0.762. The Hall–Kier alpha value is 0. The van der Waals surface area contributed by atoms with Gasteiger partial charge in [-0.25, -0.2) is 0 Å². The van der Waals surface area contributed by atoms with Gasteiger partial charge in [-0.3, -0.25) is 0 Å². The Morgan fingerprint density at radius 3 is 2.15 bits per heavy atom. The lowest BCUT2D eigenvalue weighted by atomic mass is 9.59. The van der Waals surface area contributed by atoms with Crippen LogP contribution in [0, 0.1) is 75.4 Å². The second kappa shape index (κ2) is 8.54. The predicted molar refractivity (Wildman–Crippen MR) is 143 cm³/mol. The van der Waals surface area contributed by atoms with Crippen molar-refractivity contribution in [3.05, 3.63) is 0 Å². The van der Waals surface area contributed by atoms with Gasteiger partial charge in [-0.1, -0.05) is 93.9 Å². The van der Waals surface area contributed by atoms with E-state index in [1.54, 1.807) is 32.1 Å². The highest BCUT2D eigenvalue weighted by Crippen LogP contribution is 2.96. The second-order valence-electron chi connectivity index (χ2n) is 15.2. The predicted octanol–water partition coefficient (Wildman–Crippen LogP) is 10.0. The second-order valence-corrected chi connectivity index (χ2v) is 15.2. The van der Waals surface area contributed by atoms with Crippen LogP contribution < -0.4 is 0 Å². The van der Waals surface area contributed by atoms with Crippen molar-refractivity contribution in [1.82, 2.24) is 0 Å². The average Bonchev–Trinajstić information content (AvgIpc) is 3.62. The minimum atomic E-state index is 0.762. The monoisotopic (exact) mass is 454 g/mol. The molecule has 11 unspecified atom stereocenters. The zero-order valence-corrected chi connectivity index (χ0v) is 23.8. The fourth-order valence-corrected chi connectivity index (χ4v) is 11.1. The zero-order chi connectivity index (χ0) is 23.8. The molecule has 0 amide bonds. The summed E-state index contributed by atoms with van der Waals surface area (Å²) in [6.07, 6.45) is 18.1. The summed E-state index contributed by atoms with van der Waals surface area (Å²) < 4.78 is 0. The van der Waals surface area contributed by atoms with Crippen molar-refractivity contribution in [1.29, 1.82) is 0 Å². The van der Waals surface area contributed by atoms with E-state index < -0.39 is 0 Å². The molecule has 0 aromatic rings. The molecule has 5 fully saturated rings. The molecule has 11 atom stereocenters. The van der Waals surface area contributed by atoms with Gasteiger partial charge in [0.1, 0.15) is 0 Å². The smallest absolute Gasteiger partial charge is 0.0198 e. The Morgan fingerprint density at radius 2 is 1.52 bits per heavy atom. The summed E-state index contributed by atoms with van der Waals surface area (Å²) in [5.74, 6) is 10.2. The van der Waals surface area contributed by atoms with Crippen molar-refractivity contribution < 1.29 is 0 Å². The van der Waals surface area contributed by atoms with E-state index in [-0.39, 0.29) is 0 Å². The number of rotatable bonds is 13. The van der Waals surface area contributed by atoms with Crippen LogP contribution in [-0.4, -0.2) is 0 Å². The third kappa shape index (κ3) is 3.72. The molecule has 5 aliphatic carbocycles. The first-order valence-electron chi connectivity index (χ1n) is 15.6. The molecular weight excluding hydrogens is 396 g/mol. The minimum Gasteiger partial charge on any atom is -0.0654 e. The van der Waals surface area contributed by atoms with Gasteiger partial charge in [0.15, 0.2) is 0 Å². The number of fused-ring (bicyclic) bond motifs is 6. The first-order valence-corrected chi connectivity index (χ1v) is 15.6. The zero-order valence-electron chi connectivity index (χ0n) is 23.8. The van der Waals surface area contributed by atoms with Crippen LogP contribution in [0.3, 0.4) is 0 Å². The van der Waals surface area contributed by atoms with Crippen molar-refractivity contribution in [2.24, 2.45) is 75.4 Å². The largest absolute Gasteiger partial charge is 0.0654 e. The van der Waals surface area contributed by atoms with Crippen LogP contribution in [0.4, 0.5) is 0 Å². The molecule has 0 heterocycles. The molecule has 0 radical (unpaired) electrons. The van der Waals surface area contributed by atoms with Crippen molar-refractivity contribution in [2.45, 2.75) is 132 Å². The van der Waals surface area contributed by atoms with Gasteiger partial charge in [0.05, 0.1) is 0 Å². The molecule has 0 nitrogen and oxygen atoms in total. The van der Waals surface area contributed by atoms with E-state index in [1.165, 1.54) is 44.9 Å². The van der Waals surface area contributed by atoms with Crippen LogP contribution >= 0.6 is 0 Å². The molecular formula is C33H58. The summed E-state index contributed by atoms with van der Waals surface area (Å²) in [5.41, 5.74) is 2.37. The molecule has 33 heavy (non-hydrogen) atoms. The lowest BCUT2D eigenvalue weighted by Crippen LogP contribution is -2.40. The fraction of sp³-hybridized carbons (Fsp3) is 1.00. The molecule has 0 bridgehead atoms. The summed E-state index contributed by atoms with van der Waals surface area (Å²) >= 11 is 0. The Labute approximate surface area is 207 Å². The fourth-order valence-electron chi connectivity index (χ4n) is 11.1. The summed E-state index contributed by atoms with van der Waals surface area (Å²) in [5, 5.41) is 0. The molecule has 5 saturated carbocycles. The van der Waals surface area contributed by atoms with Gasteiger partial charge in [0, 0.05) is 0 Å². The molecule has 190 valence electrons. The molecule has 0 aliphatic heterocycles. The van der Waals surface area contributed by atoms with Crippen LogP contribution in [0.1, 0.15) is 132 Å². The van der Waals surface area contributed by atoms with E-state index in [9.17, 15) is 0 Å². The molecule has 0 aromatic heterocycles. The Morgan fingerprint density at radius 1 is 0.818 bits per heavy atom. The van der Waals surface area contributed by atoms with E-state index in [2.05, 4.69) is 55.4 Å². The van der Waals surface area contributed by atoms with Gasteiger partial charge in [0.2, 0.25) is 0 Å². The quantitative estimate of drug-likeness (QED) is 0.259. The lowest BCUT2D eigenvalue weighted by Gasteiger charge is -2.46. The topological polar surface area (TPSA) is 0 Å². The summed E-state index contributed by atoms with van der Waals surface area (Å²) in [4.78, 5) is 0. The first kappa shape index (κ1) is 24.7. The van der Waals surface area contributed by atoms with Crippen molar-refractivity contribution >= 4 is 0 Å². The number of hydrogen-bond acceptors (Lipinski definition) is 0. The van der Waals surface area contributed by atoms with Crippen LogP contribution in [0.25, 0.3) is 0 Å². The maximum Gasteiger partial charge on any atom is -0.0198 e. The van der Waals surface area contributed by atoms with E-state index in [4.69, 9.17) is 0 Å². The standard InChI is InChI=1S/C33H58/c1-9-12-21(3)15-26(10-2)24(6)14-11-13-23(5)25(7)32-20-30(32)33(27-16-22(4)17-27)19-29(33)31(8)18-28(31)32/h21-30H,9-20H2,1-8H3. The molecule has 0 aromatic carbocycles. The van der Waals surface area contributed by atoms with E-state index in [0.717, 1.165) is 75.4 Å². The van der Waals surface area contributed by atoms with Crippen LogP contribution in [-0.2, 0) is 0 Å². The van der Waals surface area contributed by atoms with Crippen molar-refractivity contribution in [3.63, 3.8) is 0 Å². The van der Waals surface area contributed by atoms with Crippen LogP contribution in [0.2, 0.25) is 0 Å². The molecule has 0 heteroatoms. The van der Waals surface area contributed by atoms with E-state index >= 15 is 0 Å². The van der Waals surface area contributed by atoms with Gasteiger partial charge in [-0.05, 0) is 114 Å². The van der Waals surface area contributed by atoms with Crippen LogP contribution in [0.5, 0.6) is 0 Å². The van der Waals surface area contributed by atoms with Crippen molar-refractivity contribution in [2.75, 3.05) is 0 Å². The summed E-state index contributed by atoms with van der Waals surface area (Å²) in [7, 11) is 0. The highest BCUT2D eigenvalue weighted by molar-refractivity contribution is 5.38.